The van der Waals surface area contributed by atoms with Gasteiger partial charge in [0.1, 0.15) is 0 Å². The van der Waals surface area contributed by atoms with Crippen molar-refractivity contribution in [2.75, 3.05) is 10.6 Å². The lowest BCUT2D eigenvalue weighted by atomic mass is 9.90. The van der Waals surface area contributed by atoms with Crippen LogP contribution < -0.4 is 10.6 Å². The van der Waals surface area contributed by atoms with E-state index in [1.54, 1.807) is 0 Å². The fraction of sp³-hybridized carbons (Fsp3) is 0.613. The molecular weight excluding hydrogens is 400 g/mol. The van der Waals surface area contributed by atoms with Crippen LogP contribution in [0.25, 0.3) is 0 Å². The van der Waals surface area contributed by atoms with Gasteiger partial charge in [0.25, 0.3) is 0 Å². The summed E-state index contributed by atoms with van der Waals surface area (Å²) in [5, 5.41) is 8.03. The van der Waals surface area contributed by atoms with Crippen LogP contribution in [-0.4, -0.2) is 12.1 Å². The van der Waals surface area contributed by atoms with Crippen LogP contribution in [0.2, 0.25) is 0 Å². The summed E-state index contributed by atoms with van der Waals surface area (Å²) in [6.07, 6.45) is 3.34. The van der Waals surface area contributed by atoms with E-state index >= 15 is 0 Å². The Morgan fingerprint density at radius 2 is 0.788 bits per heavy atom. The molecule has 0 saturated carbocycles. The number of nitrogens with one attached hydrogen (secondary N) is 2. The van der Waals surface area contributed by atoms with Gasteiger partial charge in [-0.05, 0) is 65.2 Å². The molecule has 33 heavy (non-hydrogen) atoms. The predicted molar refractivity (Wildman–Crippen MR) is 149 cm³/mol. The zero-order chi connectivity index (χ0) is 24.7. The van der Waals surface area contributed by atoms with Crippen LogP contribution in [0, 0.1) is 0 Å². The first-order valence-corrected chi connectivity index (χ1v) is 13.4. The molecule has 0 radical (unpaired) electrons. The SMILES string of the molecule is CCC(CC(CC)Nc1c(C(C)C)cccc1C(C)C)Nc1c(C(C)C)cccc1C(C)C. The Hall–Kier alpha value is -1.96. The second-order valence-corrected chi connectivity index (χ2v) is 11.0. The van der Waals surface area contributed by atoms with Crippen molar-refractivity contribution in [3.8, 4) is 0 Å². The van der Waals surface area contributed by atoms with Crippen molar-refractivity contribution in [1.82, 2.24) is 0 Å². The summed E-state index contributed by atoms with van der Waals surface area (Å²) in [6, 6.07) is 14.5. The average Bonchev–Trinajstić information content (AvgIpc) is 2.77. The van der Waals surface area contributed by atoms with Crippen LogP contribution in [0.4, 0.5) is 11.4 Å². The summed E-state index contributed by atoms with van der Waals surface area (Å²) < 4.78 is 0. The standard InChI is InChI=1S/C31H50N2/c1-11-24(32-30-26(20(3)4)15-13-16-27(30)21(5)6)19-25(12-2)33-31-28(22(7)8)17-14-18-29(31)23(9)10/h13-18,20-25,32-33H,11-12,19H2,1-10H3. The second kappa shape index (κ2) is 12.5. The molecule has 0 heterocycles. The van der Waals surface area contributed by atoms with Gasteiger partial charge in [0.15, 0.2) is 0 Å². The molecule has 0 bridgehead atoms. The van der Waals surface area contributed by atoms with E-state index in [4.69, 9.17) is 0 Å². The molecule has 2 unspecified atom stereocenters. The minimum atomic E-state index is 0.438. The molecule has 0 fully saturated rings. The van der Waals surface area contributed by atoms with Crippen LogP contribution in [0.5, 0.6) is 0 Å². The lowest BCUT2D eigenvalue weighted by Crippen LogP contribution is -2.31. The van der Waals surface area contributed by atoms with Gasteiger partial charge in [-0.2, -0.15) is 0 Å². The van der Waals surface area contributed by atoms with Crippen LogP contribution in [-0.2, 0) is 0 Å². The number of hydrogen-bond acceptors (Lipinski definition) is 2. The van der Waals surface area contributed by atoms with Gasteiger partial charge in [-0.1, -0.05) is 106 Å². The van der Waals surface area contributed by atoms with Crippen molar-refractivity contribution in [3.05, 3.63) is 58.7 Å². The number of hydrogen-bond donors (Lipinski definition) is 2. The first-order valence-electron chi connectivity index (χ1n) is 13.4. The maximum Gasteiger partial charge on any atom is 0.0412 e. The van der Waals surface area contributed by atoms with Crippen molar-refractivity contribution < 1.29 is 0 Å². The summed E-state index contributed by atoms with van der Waals surface area (Å²) in [4.78, 5) is 0. The molecule has 2 aromatic carbocycles. The van der Waals surface area contributed by atoms with Crippen molar-refractivity contribution in [1.29, 1.82) is 0 Å². The molecule has 2 N–H and O–H groups in total. The molecule has 2 rings (SSSR count). The molecule has 0 aliphatic carbocycles. The Labute approximate surface area is 205 Å². The highest BCUT2D eigenvalue weighted by atomic mass is 15.0. The molecule has 0 amide bonds. The van der Waals surface area contributed by atoms with E-state index in [-0.39, 0.29) is 0 Å². The number of anilines is 2. The Balaban J connectivity index is 2.33. The first kappa shape index (κ1) is 27.3. The minimum absolute atomic E-state index is 0.438. The molecule has 0 aliphatic heterocycles. The topological polar surface area (TPSA) is 24.1 Å². The van der Waals surface area contributed by atoms with Crippen molar-refractivity contribution in [3.63, 3.8) is 0 Å². The molecule has 2 nitrogen and oxygen atoms in total. The van der Waals surface area contributed by atoms with Crippen molar-refractivity contribution >= 4 is 11.4 Å². The summed E-state index contributed by atoms with van der Waals surface area (Å²) in [6.45, 7) is 23.1. The summed E-state index contributed by atoms with van der Waals surface area (Å²) in [5.74, 6) is 2.04. The van der Waals surface area contributed by atoms with Crippen LogP contribution in [0.3, 0.4) is 0 Å². The van der Waals surface area contributed by atoms with E-state index in [0.717, 1.165) is 19.3 Å². The monoisotopic (exact) mass is 450 g/mol. The number of benzene rings is 2. The van der Waals surface area contributed by atoms with E-state index in [0.29, 0.717) is 35.8 Å². The third kappa shape index (κ3) is 7.01. The molecule has 2 heteroatoms. The Morgan fingerprint density at radius 1 is 0.515 bits per heavy atom. The molecule has 0 aromatic heterocycles. The van der Waals surface area contributed by atoms with Crippen molar-refractivity contribution in [2.24, 2.45) is 0 Å². The largest absolute Gasteiger partial charge is 0.382 e. The van der Waals surface area contributed by atoms with Gasteiger partial charge >= 0.3 is 0 Å². The molecule has 0 saturated heterocycles. The molecule has 0 spiro atoms. The van der Waals surface area contributed by atoms with Gasteiger partial charge in [-0.25, -0.2) is 0 Å². The van der Waals surface area contributed by atoms with Crippen LogP contribution in [0.1, 0.15) is 134 Å². The predicted octanol–water partition coefficient (Wildman–Crippen LogP) is 9.65. The normalized spacial score (nSPS) is 13.8. The highest BCUT2D eigenvalue weighted by Crippen LogP contribution is 2.35. The summed E-state index contributed by atoms with van der Waals surface area (Å²) >= 11 is 0. The average molecular weight is 451 g/mol. The number of rotatable bonds is 12. The highest BCUT2D eigenvalue weighted by molar-refractivity contribution is 5.62. The molecule has 2 atom stereocenters. The van der Waals surface area contributed by atoms with Crippen LogP contribution in [0.15, 0.2) is 36.4 Å². The van der Waals surface area contributed by atoms with E-state index in [2.05, 4.69) is 116 Å². The van der Waals surface area contributed by atoms with Gasteiger partial charge < -0.3 is 10.6 Å². The Morgan fingerprint density at radius 3 is 1.00 bits per heavy atom. The maximum atomic E-state index is 4.01. The minimum Gasteiger partial charge on any atom is -0.382 e. The quantitative estimate of drug-likeness (QED) is 0.336. The molecule has 2 aromatic rings. The van der Waals surface area contributed by atoms with Gasteiger partial charge in [0, 0.05) is 23.5 Å². The lowest BCUT2D eigenvalue weighted by molar-refractivity contribution is 0.544. The van der Waals surface area contributed by atoms with E-state index < -0.39 is 0 Å². The zero-order valence-corrected chi connectivity index (χ0v) is 23.0. The van der Waals surface area contributed by atoms with Gasteiger partial charge in [-0.3, -0.25) is 0 Å². The first-order chi connectivity index (χ1) is 15.6. The van der Waals surface area contributed by atoms with E-state index in [9.17, 15) is 0 Å². The number of para-hydroxylation sites is 2. The van der Waals surface area contributed by atoms with Crippen LogP contribution >= 0.6 is 0 Å². The zero-order valence-electron chi connectivity index (χ0n) is 23.0. The van der Waals surface area contributed by atoms with Gasteiger partial charge in [0.2, 0.25) is 0 Å². The van der Waals surface area contributed by atoms with E-state index in [1.807, 2.05) is 0 Å². The molecule has 184 valence electrons. The Kier molecular flexibility index (Phi) is 10.3. The molecule has 0 aliphatic rings. The molecular formula is C31H50N2. The van der Waals surface area contributed by atoms with Gasteiger partial charge in [-0.15, -0.1) is 0 Å². The third-order valence-electron chi connectivity index (χ3n) is 7.00. The van der Waals surface area contributed by atoms with Crippen molar-refractivity contribution in [2.45, 2.75) is 124 Å². The van der Waals surface area contributed by atoms with E-state index in [1.165, 1.54) is 33.6 Å². The second-order valence-electron chi connectivity index (χ2n) is 11.0. The summed E-state index contributed by atoms with van der Waals surface area (Å²) in [5.41, 5.74) is 8.49. The third-order valence-corrected chi connectivity index (χ3v) is 7.00. The summed E-state index contributed by atoms with van der Waals surface area (Å²) in [7, 11) is 0. The smallest absolute Gasteiger partial charge is 0.0412 e. The Bertz CT molecular complexity index is 739. The maximum absolute atomic E-state index is 4.01. The fourth-order valence-electron chi connectivity index (χ4n) is 4.84. The van der Waals surface area contributed by atoms with Gasteiger partial charge in [0.05, 0.1) is 0 Å². The fourth-order valence-corrected chi connectivity index (χ4v) is 4.84. The highest BCUT2D eigenvalue weighted by Gasteiger charge is 2.21. The lowest BCUT2D eigenvalue weighted by Gasteiger charge is -2.30.